The number of rotatable bonds is 4. The van der Waals surface area contributed by atoms with Crippen LogP contribution in [0.5, 0.6) is 0 Å². The number of aromatic nitrogens is 4. The van der Waals surface area contributed by atoms with Crippen LogP contribution in [0.4, 0.5) is 0 Å². The van der Waals surface area contributed by atoms with Gasteiger partial charge in [-0.2, -0.15) is 0 Å². The van der Waals surface area contributed by atoms with Gasteiger partial charge in [0, 0.05) is 32.8 Å². The summed E-state index contributed by atoms with van der Waals surface area (Å²) in [5.41, 5.74) is 15.9. The highest BCUT2D eigenvalue weighted by Gasteiger charge is 2.69. The highest BCUT2D eigenvalue weighted by Crippen LogP contribution is 2.75. The Kier molecular flexibility index (Phi) is 6.79. The fourth-order valence-electron chi connectivity index (χ4n) is 12.7. The van der Waals surface area contributed by atoms with Gasteiger partial charge in [0.25, 0.3) is 0 Å². The van der Waals surface area contributed by atoms with Gasteiger partial charge in [0.1, 0.15) is 0 Å². The predicted molar refractivity (Wildman–Crippen MR) is 264 cm³/mol. The summed E-state index contributed by atoms with van der Waals surface area (Å²) in [6.45, 7) is 0. The van der Waals surface area contributed by atoms with Gasteiger partial charge in [0.05, 0.1) is 27.6 Å². The van der Waals surface area contributed by atoms with E-state index in [1.807, 2.05) is 36.4 Å². The zero-order valence-corrected chi connectivity index (χ0v) is 35.1. The van der Waals surface area contributed by atoms with E-state index < -0.39 is 10.8 Å². The molecule has 0 aliphatic heterocycles. The van der Waals surface area contributed by atoms with Gasteiger partial charge in [-0.1, -0.05) is 200 Å². The molecule has 65 heavy (non-hydrogen) atoms. The van der Waals surface area contributed by atoms with E-state index in [4.69, 9.17) is 15.0 Å². The first kappa shape index (κ1) is 35.0. The van der Waals surface area contributed by atoms with E-state index in [0.717, 1.165) is 22.1 Å². The third-order valence-electron chi connectivity index (χ3n) is 15.0. The molecule has 12 aromatic rings. The summed E-state index contributed by atoms with van der Waals surface area (Å²) in [7, 11) is 0. The molecule has 300 valence electrons. The lowest BCUT2D eigenvalue weighted by atomic mass is 9.50. The first-order chi connectivity index (χ1) is 32.3. The van der Waals surface area contributed by atoms with E-state index in [1.165, 1.54) is 88.2 Å². The molecule has 0 saturated carbocycles. The van der Waals surface area contributed by atoms with Crippen LogP contribution in [0.15, 0.2) is 218 Å². The van der Waals surface area contributed by atoms with Crippen LogP contribution in [0.25, 0.3) is 94.3 Å². The molecule has 2 heterocycles. The first-order valence-corrected chi connectivity index (χ1v) is 22.5. The predicted octanol–water partition coefficient (Wildman–Crippen LogP) is 14.3. The van der Waals surface area contributed by atoms with Crippen molar-refractivity contribution in [2.24, 2.45) is 0 Å². The van der Waals surface area contributed by atoms with E-state index in [0.29, 0.717) is 17.5 Å². The smallest absolute Gasteiger partial charge is 0.164 e. The largest absolute Gasteiger partial charge is 0.309 e. The quantitative estimate of drug-likeness (QED) is 0.178. The minimum absolute atomic E-state index is 0.580. The van der Waals surface area contributed by atoms with Crippen molar-refractivity contribution in [3.8, 4) is 51.0 Å². The van der Waals surface area contributed by atoms with E-state index >= 15 is 0 Å². The molecular weight excluding hydrogens is 789 g/mol. The topological polar surface area (TPSA) is 43.6 Å². The average molecular weight is 825 g/mol. The van der Waals surface area contributed by atoms with Crippen molar-refractivity contribution in [1.82, 2.24) is 19.5 Å². The van der Waals surface area contributed by atoms with Crippen LogP contribution < -0.4 is 0 Å². The van der Waals surface area contributed by atoms with Gasteiger partial charge in [-0.25, -0.2) is 15.0 Å². The second kappa shape index (κ2) is 12.6. The van der Waals surface area contributed by atoms with Gasteiger partial charge >= 0.3 is 0 Å². The Labute approximate surface area is 374 Å². The maximum Gasteiger partial charge on any atom is 0.164 e. The van der Waals surface area contributed by atoms with Crippen LogP contribution in [0.3, 0.4) is 0 Å². The summed E-state index contributed by atoms with van der Waals surface area (Å²) >= 11 is 0. The summed E-state index contributed by atoms with van der Waals surface area (Å²) in [5, 5.41) is 7.53. The SMILES string of the molecule is c1ccc(-c2nc(-c3ccccc3)nc(-c3ccc4c5c(cccc35)C35c6ccccc6-c6ccccc6C43c3ccc(-n4c6ccccc6c6ccccc64)c4cccc5c34)n2)cc1. The molecule has 3 aliphatic carbocycles. The summed E-state index contributed by atoms with van der Waals surface area (Å²) in [5.74, 6) is 1.97. The molecule has 15 rings (SSSR count). The lowest BCUT2D eigenvalue weighted by molar-refractivity contribution is 0.461. The highest BCUT2D eigenvalue weighted by atomic mass is 15.0. The Balaban J connectivity index is 1.07. The van der Waals surface area contributed by atoms with Gasteiger partial charge in [-0.3, -0.25) is 0 Å². The van der Waals surface area contributed by atoms with Crippen molar-refractivity contribution < 1.29 is 0 Å². The van der Waals surface area contributed by atoms with Gasteiger partial charge in [-0.15, -0.1) is 0 Å². The molecule has 4 nitrogen and oxygen atoms in total. The second-order valence-corrected chi connectivity index (χ2v) is 17.7. The molecule has 0 saturated heterocycles. The van der Waals surface area contributed by atoms with Gasteiger partial charge in [-0.05, 0) is 78.9 Å². The molecule has 0 radical (unpaired) electrons. The highest BCUT2D eigenvalue weighted by molar-refractivity contribution is 6.15. The van der Waals surface area contributed by atoms with E-state index in [1.54, 1.807) is 0 Å². The second-order valence-electron chi connectivity index (χ2n) is 17.7. The zero-order valence-electron chi connectivity index (χ0n) is 35.1. The van der Waals surface area contributed by atoms with Crippen LogP contribution in [0.2, 0.25) is 0 Å². The number of para-hydroxylation sites is 2. The van der Waals surface area contributed by atoms with E-state index in [-0.39, 0.29) is 0 Å². The van der Waals surface area contributed by atoms with E-state index in [2.05, 4.69) is 187 Å². The van der Waals surface area contributed by atoms with Crippen LogP contribution in [0.1, 0.15) is 33.4 Å². The van der Waals surface area contributed by atoms with Gasteiger partial charge < -0.3 is 4.57 Å². The van der Waals surface area contributed by atoms with Crippen LogP contribution in [0, 0.1) is 0 Å². The maximum atomic E-state index is 5.28. The molecular formula is C61H36N4. The molecule has 4 heteroatoms. The Morgan fingerprint density at radius 3 is 1.28 bits per heavy atom. The molecule has 0 bridgehead atoms. The maximum absolute atomic E-state index is 5.28. The average Bonchev–Trinajstić information content (AvgIpc) is 3.97. The van der Waals surface area contributed by atoms with Crippen molar-refractivity contribution in [3.63, 3.8) is 0 Å². The monoisotopic (exact) mass is 824 g/mol. The minimum Gasteiger partial charge on any atom is -0.309 e. The molecule has 10 aromatic carbocycles. The van der Waals surface area contributed by atoms with Crippen LogP contribution >= 0.6 is 0 Å². The summed E-state index contributed by atoms with van der Waals surface area (Å²) in [6.07, 6.45) is 0. The summed E-state index contributed by atoms with van der Waals surface area (Å²) in [4.78, 5) is 15.6. The van der Waals surface area contributed by atoms with Crippen molar-refractivity contribution in [2.75, 3.05) is 0 Å². The van der Waals surface area contributed by atoms with Crippen molar-refractivity contribution >= 4 is 43.4 Å². The number of benzene rings is 10. The lowest BCUT2D eigenvalue weighted by Gasteiger charge is -2.50. The number of hydrogen-bond donors (Lipinski definition) is 0. The Morgan fingerprint density at radius 1 is 0.277 bits per heavy atom. The Hall–Kier alpha value is -8.47. The molecule has 0 amide bonds. The third kappa shape index (κ3) is 4.20. The summed E-state index contributed by atoms with van der Waals surface area (Å²) < 4.78 is 2.49. The molecule has 2 unspecified atom stereocenters. The summed E-state index contributed by atoms with van der Waals surface area (Å²) in [6, 6.07) is 80.3. The molecule has 3 aliphatic rings. The molecule has 0 spiro atoms. The molecule has 0 N–H and O–H groups in total. The third-order valence-corrected chi connectivity index (χ3v) is 15.0. The zero-order chi connectivity index (χ0) is 42.4. The number of hydrogen-bond acceptors (Lipinski definition) is 3. The molecule has 2 aromatic heterocycles. The fraction of sp³-hybridized carbons (Fsp3) is 0.0328. The standard InChI is InChI=1S/C61H36N4/c1-3-17-37(18-4-1)57-62-58(38-19-5-2-6-20-38)64-59(63-57)44-33-34-50-55-43(44)25-15-29-48(55)60-46-27-11-7-21-39(46)40-22-8-12-28-47(40)61(50,60)51-35-36-54(45-26-16-30-49(60)56(45)51)65-52-31-13-9-23-41(52)42-24-10-14-32-53(42)65/h1-36H. The first-order valence-electron chi connectivity index (χ1n) is 22.5. The fourth-order valence-corrected chi connectivity index (χ4v) is 12.7. The van der Waals surface area contributed by atoms with Gasteiger partial charge in [0.15, 0.2) is 17.5 Å². The number of fused-ring (bicyclic) bond motifs is 6. The molecule has 0 fully saturated rings. The van der Waals surface area contributed by atoms with Crippen molar-refractivity contribution in [2.45, 2.75) is 10.8 Å². The number of nitrogens with zero attached hydrogens (tertiary/aromatic N) is 4. The van der Waals surface area contributed by atoms with Crippen molar-refractivity contribution in [1.29, 1.82) is 0 Å². The normalized spacial score (nSPS) is 17.4. The Morgan fingerprint density at radius 2 is 0.692 bits per heavy atom. The van der Waals surface area contributed by atoms with E-state index in [9.17, 15) is 0 Å². The molecule has 2 atom stereocenters. The van der Waals surface area contributed by atoms with Crippen LogP contribution in [-0.2, 0) is 10.8 Å². The van der Waals surface area contributed by atoms with Gasteiger partial charge in [0.2, 0.25) is 0 Å². The lowest BCUT2D eigenvalue weighted by Crippen LogP contribution is -2.48. The Bertz CT molecular complexity index is 3840. The van der Waals surface area contributed by atoms with Crippen LogP contribution in [-0.4, -0.2) is 19.5 Å². The van der Waals surface area contributed by atoms with Crippen molar-refractivity contribution in [3.05, 3.63) is 252 Å². The minimum atomic E-state index is -0.580.